The molecule has 1 saturated heterocycles. The van der Waals surface area contributed by atoms with Crippen molar-refractivity contribution in [2.24, 2.45) is 5.92 Å². The lowest BCUT2D eigenvalue weighted by Crippen LogP contribution is -2.41. The molecule has 0 saturated carbocycles. The average molecular weight is 401 g/mol. The minimum Gasteiger partial charge on any atom is -0.495 e. The van der Waals surface area contributed by atoms with Crippen molar-refractivity contribution in [3.8, 4) is 5.75 Å². The van der Waals surface area contributed by atoms with Crippen molar-refractivity contribution in [1.29, 1.82) is 0 Å². The fourth-order valence-corrected chi connectivity index (χ4v) is 3.71. The number of benzene rings is 2. The summed E-state index contributed by atoms with van der Waals surface area (Å²) >= 11 is 6.14. The number of methoxy groups -OCH3 is 1. The first-order chi connectivity index (χ1) is 13.6. The van der Waals surface area contributed by atoms with Crippen LogP contribution < -0.4 is 10.1 Å². The highest BCUT2D eigenvalue weighted by Gasteiger charge is 2.27. The minimum atomic E-state index is -0.0512. The number of halogens is 1. The van der Waals surface area contributed by atoms with E-state index in [0.29, 0.717) is 49.5 Å². The Bertz CT molecular complexity index is 818. The van der Waals surface area contributed by atoms with E-state index in [0.717, 1.165) is 11.3 Å². The number of hydrogen-bond acceptors (Lipinski definition) is 3. The summed E-state index contributed by atoms with van der Waals surface area (Å²) < 4.78 is 5.15. The zero-order valence-corrected chi connectivity index (χ0v) is 16.7. The van der Waals surface area contributed by atoms with Crippen molar-refractivity contribution in [1.82, 2.24) is 4.90 Å². The van der Waals surface area contributed by atoms with E-state index < -0.39 is 0 Å². The number of likely N-dealkylation sites (tertiary alicyclic amines) is 1. The molecule has 0 aromatic heterocycles. The Balaban J connectivity index is 1.44. The Kier molecular flexibility index (Phi) is 6.93. The third kappa shape index (κ3) is 5.26. The number of nitrogens with one attached hydrogen (secondary N) is 1. The SMILES string of the molecule is COc1ccc(CCC(=O)N2CCC(C(=O)Nc3ccccc3)CC2)cc1Cl. The van der Waals surface area contributed by atoms with Gasteiger partial charge in [0.1, 0.15) is 5.75 Å². The summed E-state index contributed by atoms with van der Waals surface area (Å²) in [6.07, 6.45) is 2.46. The fraction of sp³-hybridized carbons (Fsp3) is 0.364. The predicted octanol–water partition coefficient (Wildman–Crippen LogP) is 4.16. The highest BCUT2D eigenvalue weighted by atomic mass is 35.5. The summed E-state index contributed by atoms with van der Waals surface area (Å²) in [5.41, 5.74) is 1.82. The van der Waals surface area contributed by atoms with E-state index in [1.165, 1.54) is 0 Å². The van der Waals surface area contributed by atoms with Crippen LogP contribution >= 0.6 is 11.6 Å². The maximum atomic E-state index is 12.5. The number of para-hydroxylation sites is 1. The van der Waals surface area contributed by atoms with Gasteiger partial charge in [-0.2, -0.15) is 0 Å². The molecule has 148 valence electrons. The standard InChI is InChI=1S/C22H25ClN2O3/c1-28-20-9-7-16(15-19(20)23)8-10-21(26)25-13-11-17(12-14-25)22(27)24-18-5-3-2-4-6-18/h2-7,9,15,17H,8,10-14H2,1H3,(H,24,27). The van der Waals surface area contributed by atoms with Crippen LogP contribution in [0.4, 0.5) is 5.69 Å². The molecule has 1 fully saturated rings. The van der Waals surface area contributed by atoms with Gasteiger partial charge in [-0.05, 0) is 49.1 Å². The van der Waals surface area contributed by atoms with Gasteiger partial charge in [0, 0.05) is 31.1 Å². The van der Waals surface area contributed by atoms with E-state index in [1.54, 1.807) is 7.11 Å². The molecular weight excluding hydrogens is 376 g/mol. The number of hydrogen-bond donors (Lipinski definition) is 1. The lowest BCUT2D eigenvalue weighted by atomic mass is 9.95. The Morgan fingerprint density at radius 2 is 1.86 bits per heavy atom. The van der Waals surface area contributed by atoms with Gasteiger partial charge in [-0.15, -0.1) is 0 Å². The van der Waals surface area contributed by atoms with E-state index in [9.17, 15) is 9.59 Å². The summed E-state index contributed by atoms with van der Waals surface area (Å²) in [5, 5.41) is 3.51. The topological polar surface area (TPSA) is 58.6 Å². The van der Waals surface area contributed by atoms with Crippen LogP contribution in [0.5, 0.6) is 5.75 Å². The van der Waals surface area contributed by atoms with E-state index in [-0.39, 0.29) is 17.7 Å². The summed E-state index contributed by atoms with van der Waals surface area (Å²) in [7, 11) is 1.58. The third-order valence-corrected chi connectivity index (χ3v) is 5.40. The first kappa shape index (κ1) is 20.2. The molecule has 3 rings (SSSR count). The largest absolute Gasteiger partial charge is 0.495 e. The molecule has 0 unspecified atom stereocenters. The van der Waals surface area contributed by atoms with Crippen LogP contribution in [0.15, 0.2) is 48.5 Å². The van der Waals surface area contributed by atoms with Crippen LogP contribution in [0, 0.1) is 5.92 Å². The molecule has 28 heavy (non-hydrogen) atoms. The van der Waals surface area contributed by atoms with Crippen LogP contribution in [-0.4, -0.2) is 36.9 Å². The van der Waals surface area contributed by atoms with E-state index >= 15 is 0 Å². The second-order valence-corrected chi connectivity index (χ2v) is 7.39. The number of piperidine rings is 1. The monoisotopic (exact) mass is 400 g/mol. The number of aryl methyl sites for hydroxylation is 1. The number of rotatable bonds is 6. The zero-order valence-electron chi connectivity index (χ0n) is 16.0. The van der Waals surface area contributed by atoms with Gasteiger partial charge < -0.3 is 15.0 Å². The molecule has 5 nitrogen and oxygen atoms in total. The third-order valence-electron chi connectivity index (χ3n) is 5.10. The molecule has 0 atom stereocenters. The van der Waals surface area contributed by atoms with Crippen LogP contribution in [0.3, 0.4) is 0 Å². The van der Waals surface area contributed by atoms with Crippen molar-refractivity contribution in [3.05, 3.63) is 59.1 Å². The van der Waals surface area contributed by atoms with Gasteiger partial charge in [0.2, 0.25) is 11.8 Å². The number of ether oxygens (including phenoxy) is 1. The Morgan fingerprint density at radius 1 is 1.14 bits per heavy atom. The quantitative estimate of drug-likeness (QED) is 0.792. The molecule has 0 aliphatic carbocycles. The molecule has 2 amide bonds. The maximum Gasteiger partial charge on any atom is 0.227 e. The molecule has 1 aliphatic heterocycles. The lowest BCUT2D eigenvalue weighted by Gasteiger charge is -2.31. The van der Waals surface area contributed by atoms with Crippen molar-refractivity contribution in [3.63, 3.8) is 0 Å². The van der Waals surface area contributed by atoms with Gasteiger partial charge in [0.05, 0.1) is 12.1 Å². The molecule has 1 N–H and O–H groups in total. The highest BCUT2D eigenvalue weighted by Crippen LogP contribution is 2.26. The van der Waals surface area contributed by atoms with Crippen molar-refractivity contribution < 1.29 is 14.3 Å². The van der Waals surface area contributed by atoms with Gasteiger partial charge in [0.25, 0.3) is 0 Å². The molecule has 1 aliphatic rings. The zero-order chi connectivity index (χ0) is 19.9. The van der Waals surface area contributed by atoms with Crippen LogP contribution in [0.25, 0.3) is 0 Å². The Labute approximate surface area is 170 Å². The predicted molar refractivity (Wildman–Crippen MR) is 111 cm³/mol. The smallest absolute Gasteiger partial charge is 0.227 e. The molecule has 0 spiro atoms. The second kappa shape index (κ2) is 9.60. The van der Waals surface area contributed by atoms with Crippen molar-refractivity contribution in [2.75, 3.05) is 25.5 Å². The average Bonchev–Trinajstić information content (AvgIpc) is 2.73. The first-order valence-electron chi connectivity index (χ1n) is 9.53. The Hall–Kier alpha value is -2.53. The summed E-state index contributed by atoms with van der Waals surface area (Å²) in [6.45, 7) is 1.24. The molecule has 0 radical (unpaired) electrons. The molecule has 0 bridgehead atoms. The second-order valence-electron chi connectivity index (χ2n) is 6.98. The van der Waals surface area contributed by atoms with Gasteiger partial charge in [-0.3, -0.25) is 9.59 Å². The number of nitrogens with zero attached hydrogens (tertiary/aromatic N) is 1. The van der Waals surface area contributed by atoms with E-state index in [1.807, 2.05) is 53.4 Å². The van der Waals surface area contributed by atoms with Crippen molar-refractivity contribution in [2.45, 2.75) is 25.7 Å². The lowest BCUT2D eigenvalue weighted by molar-refractivity contribution is -0.134. The number of carbonyl (C=O) groups excluding carboxylic acids is 2. The van der Waals surface area contributed by atoms with Crippen LogP contribution in [0.1, 0.15) is 24.8 Å². The Morgan fingerprint density at radius 3 is 2.50 bits per heavy atom. The molecular formula is C22H25ClN2O3. The summed E-state index contributed by atoms with van der Waals surface area (Å²) in [5.74, 6) is 0.734. The van der Waals surface area contributed by atoms with Gasteiger partial charge >= 0.3 is 0 Å². The number of amides is 2. The number of carbonyl (C=O) groups is 2. The maximum absolute atomic E-state index is 12.5. The van der Waals surface area contributed by atoms with E-state index in [2.05, 4.69) is 5.32 Å². The molecule has 2 aromatic carbocycles. The van der Waals surface area contributed by atoms with Gasteiger partial charge in [-0.1, -0.05) is 35.9 Å². The molecule has 6 heteroatoms. The minimum absolute atomic E-state index is 0.0335. The number of anilines is 1. The van der Waals surface area contributed by atoms with Gasteiger partial charge in [0.15, 0.2) is 0 Å². The molecule has 2 aromatic rings. The van der Waals surface area contributed by atoms with Gasteiger partial charge in [-0.25, -0.2) is 0 Å². The summed E-state index contributed by atoms with van der Waals surface area (Å²) in [6, 6.07) is 15.0. The summed E-state index contributed by atoms with van der Waals surface area (Å²) in [4.78, 5) is 26.8. The first-order valence-corrected chi connectivity index (χ1v) is 9.90. The fourth-order valence-electron chi connectivity index (χ4n) is 3.43. The normalized spacial score (nSPS) is 14.6. The highest BCUT2D eigenvalue weighted by molar-refractivity contribution is 6.32. The molecule has 1 heterocycles. The van der Waals surface area contributed by atoms with Crippen LogP contribution in [0.2, 0.25) is 5.02 Å². The van der Waals surface area contributed by atoms with Crippen molar-refractivity contribution >= 4 is 29.1 Å². The van der Waals surface area contributed by atoms with E-state index in [4.69, 9.17) is 16.3 Å². The van der Waals surface area contributed by atoms with Crippen LogP contribution in [-0.2, 0) is 16.0 Å².